The predicted molar refractivity (Wildman–Crippen MR) is 97.1 cm³/mol. The molecule has 3 aromatic heterocycles. The standard InChI is InChI=1S/C18H20N4O3S/c1-12-4-8-26-17(12)18(23)21-5-3-15-13(9-21)16(14-10-25-11-19-14)20-22(15)6-7-24-2/h4,8,10-11H,3,5-7,9H2,1-2H3. The summed E-state index contributed by atoms with van der Waals surface area (Å²) >= 11 is 1.49. The summed E-state index contributed by atoms with van der Waals surface area (Å²) in [6.07, 6.45) is 3.75. The molecular formula is C18H20N4O3S. The summed E-state index contributed by atoms with van der Waals surface area (Å²) in [6.45, 7) is 4.45. The first-order valence-electron chi connectivity index (χ1n) is 8.48. The van der Waals surface area contributed by atoms with Crippen molar-refractivity contribution in [2.75, 3.05) is 20.3 Å². The minimum absolute atomic E-state index is 0.0823. The number of aryl methyl sites for hydroxylation is 1. The molecule has 0 fully saturated rings. The van der Waals surface area contributed by atoms with Crippen LogP contribution in [-0.4, -0.2) is 45.8 Å². The maximum absolute atomic E-state index is 12.9. The van der Waals surface area contributed by atoms with Crippen LogP contribution in [-0.2, 0) is 24.2 Å². The van der Waals surface area contributed by atoms with Crippen LogP contribution in [0, 0.1) is 6.92 Å². The summed E-state index contributed by atoms with van der Waals surface area (Å²) in [7, 11) is 1.68. The minimum atomic E-state index is 0.0823. The molecule has 3 aromatic rings. The van der Waals surface area contributed by atoms with Crippen molar-refractivity contribution in [3.8, 4) is 11.4 Å². The van der Waals surface area contributed by atoms with Gasteiger partial charge in [-0.1, -0.05) is 0 Å². The van der Waals surface area contributed by atoms with Crippen molar-refractivity contribution in [2.24, 2.45) is 0 Å². The van der Waals surface area contributed by atoms with Gasteiger partial charge in [0.25, 0.3) is 5.91 Å². The molecule has 0 bridgehead atoms. The molecule has 1 aliphatic heterocycles. The van der Waals surface area contributed by atoms with Gasteiger partial charge in [-0.15, -0.1) is 11.3 Å². The fourth-order valence-corrected chi connectivity index (χ4v) is 4.19. The number of nitrogens with zero attached hydrogens (tertiary/aromatic N) is 4. The van der Waals surface area contributed by atoms with E-state index in [4.69, 9.17) is 14.3 Å². The number of ether oxygens (including phenoxy) is 1. The Balaban J connectivity index is 1.68. The van der Waals surface area contributed by atoms with Crippen LogP contribution in [0.15, 0.2) is 28.5 Å². The van der Waals surface area contributed by atoms with Gasteiger partial charge in [0.05, 0.1) is 24.6 Å². The van der Waals surface area contributed by atoms with Crippen LogP contribution in [0.4, 0.5) is 0 Å². The first-order chi connectivity index (χ1) is 12.7. The second-order valence-corrected chi connectivity index (χ2v) is 7.19. The molecule has 0 atom stereocenters. The number of methoxy groups -OCH3 is 1. The molecule has 0 saturated carbocycles. The van der Waals surface area contributed by atoms with E-state index in [9.17, 15) is 4.79 Å². The number of amides is 1. The van der Waals surface area contributed by atoms with Crippen LogP contribution in [0.5, 0.6) is 0 Å². The predicted octanol–water partition coefficient (Wildman–Crippen LogP) is 2.75. The Morgan fingerprint density at radius 1 is 1.46 bits per heavy atom. The topological polar surface area (TPSA) is 73.4 Å². The van der Waals surface area contributed by atoms with Gasteiger partial charge in [0, 0.05) is 31.3 Å². The van der Waals surface area contributed by atoms with E-state index < -0.39 is 0 Å². The van der Waals surface area contributed by atoms with E-state index in [1.54, 1.807) is 13.4 Å². The molecular weight excluding hydrogens is 352 g/mol. The van der Waals surface area contributed by atoms with Crippen LogP contribution in [0.3, 0.4) is 0 Å². The SMILES string of the molecule is COCCn1nc(-c2cocn2)c2c1CCN(C(=O)c1sccc1C)C2. The molecule has 1 amide bonds. The number of fused-ring (bicyclic) bond motifs is 1. The highest BCUT2D eigenvalue weighted by Gasteiger charge is 2.30. The Morgan fingerprint density at radius 3 is 3.04 bits per heavy atom. The molecule has 0 spiro atoms. The Bertz CT molecular complexity index is 913. The molecule has 136 valence electrons. The van der Waals surface area contributed by atoms with Crippen LogP contribution in [0.2, 0.25) is 0 Å². The molecule has 8 heteroatoms. The third-order valence-electron chi connectivity index (χ3n) is 4.66. The second-order valence-electron chi connectivity index (χ2n) is 6.27. The van der Waals surface area contributed by atoms with Crippen molar-refractivity contribution < 1.29 is 13.9 Å². The molecule has 0 aromatic carbocycles. The van der Waals surface area contributed by atoms with Gasteiger partial charge in [-0.05, 0) is 23.9 Å². The lowest BCUT2D eigenvalue weighted by atomic mass is 10.0. The van der Waals surface area contributed by atoms with E-state index in [0.717, 1.165) is 33.8 Å². The first-order valence-corrected chi connectivity index (χ1v) is 9.36. The van der Waals surface area contributed by atoms with Crippen LogP contribution in [0.1, 0.15) is 26.5 Å². The number of carbonyl (C=O) groups is 1. The fourth-order valence-electron chi connectivity index (χ4n) is 3.30. The summed E-state index contributed by atoms with van der Waals surface area (Å²) in [4.78, 5) is 19.9. The Hall–Kier alpha value is -2.45. The van der Waals surface area contributed by atoms with Gasteiger partial charge in [-0.2, -0.15) is 5.10 Å². The van der Waals surface area contributed by atoms with Gasteiger partial charge < -0.3 is 14.1 Å². The average Bonchev–Trinajstić information content (AvgIpc) is 3.38. The Morgan fingerprint density at radius 2 is 2.35 bits per heavy atom. The van der Waals surface area contributed by atoms with Gasteiger partial charge in [0.15, 0.2) is 6.39 Å². The highest BCUT2D eigenvalue weighted by atomic mass is 32.1. The average molecular weight is 372 g/mol. The van der Waals surface area contributed by atoms with Crippen molar-refractivity contribution in [3.05, 3.63) is 45.8 Å². The maximum Gasteiger partial charge on any atom is 0.264 e. The number of oxazole rings is 1. The number of aromatic nitrogens is 3. The van der Waals surface area contributed by atoms with Crippen LogP contribution < -0.4 is 0 Å². The van der Waals surface area contributed by atoms with E-state index >= 15 is 0 Å². The lowest BCUT2D eigenvalue weighted by Gasteiger charge is -2.27. The maximum atomic E-state index is 12.9. The van der Waals surface area contributed by atoms with E-state index in [-0.39, 0.29) is 5.91 Å². The molecule has 0 radical (unpaired) electrons. The lowest BCUT2D eigenvalue weighted by molar-refractivity contribution is 0.0737. The molecule has 4 heterocycles. The molecule has 4 rings (SSSR count). The molecule has 0 aliphatic carbocycles. The van der Waals surface area contributed by atoms with Crippen molar-refractivity contribution >= 4 is 17.2 Å². The zero-order valence-electron chi connectivity index (χ0n) is 14.8. The van der Waals surface area contributed by atoms with E-state index in [1.165, 1.54) is 17.7 Å². The third kappa shape index (κ3) is 2.95. The second kappa shape index (κ2) is 7.05. The van der Waals surface area contributed by atoms with Crippen molar-refractivity contribution in [3.63, 3.8) is 0 Å². The Labute approximate surface area is 155 Å². The van der Waals surface area contributed by atoms with Crippen LogP contribution >= 0.6 is 11.3 Å². The summed E-state index contributed by atoms with van der Waals surface area (Å²) < 4.78 is 12.3. The van der Waals surface area contributed by atoms with E-state index in [1.807, 2.05) is 28.0 Å². The lowest BCUT2D eigenvalue weighted by Crippen LogP contribution is -2.36. The number of hydrogen-bond donors (Lipinski definition) is 0. The fraction of sp³-hybridized carbons (Fsp3) is 0.389. The summed E-state index contributed by atoms with van der Waals surface area (Å²) in [6, 6.07) is 1.98. The van der Waals surface area contributed by atoms with Gasteiger partial charge in [-0.25, -0.2) is 4.98 Å². The number of carbonyl (C=O) groups excluding carboxylic acids is 1. The number of thiophene rings is 1. The van der Waals surface area contributed by atoms with Gasteiger partial charge in [0.2, 0.25) is 0 Å². The van der Waals surface area contributed by atoms with Gasteiger partial charge in [-0.3, -0.25) is 9.48 Å². The molecule has 0 saturated heterocycles. The smallest absolute Gasteiger partial charge is 0.264 e. The molecule has 26 heavy (non-hydrogen) atoms. The van der Waals surface area contributed by atoms with Crippen molar-refractivity contribution in [2.45, 2.75) is 26.4 Å². The van der Waals surface area contributed by atoms with Crippen molar-refractivity contribution in [1.29, 1.82) is 0 Å². The zero-order valence-corrected chi connectivity index (χ0v) is 15.6. The normalized spacial score (nSPS) is 13.8. The quantitative estimate of drug-likeness (QED) is 0.688. The summed E-state index contributed by atoms with van der Waals surface area (Å²) in [5.41, 5.74) is 4.69. The largest absolute Gasteiger partial charge is 0.451 e. The molecule has 1 aliphatic rings. The Kier molecular flexibility index (Phi) is 4.60. The van der Waals surface area contributed by atoms with Gasteiger partial charge >= 0.3 is 0 Å². The number of rotatable bonds is 5. The van der Waals surface area contributed by atoms with Gasteiger partial charge in [0.1, 0.15) is 17.7 Å². The van der Waals surface area contributed by atoms with Crippen LogP contribution in [0.25, 0.3) is 11.4 Å². The summed E-state index contributed by atoms with van der Waals surface area (Å²) in [5.74, 6) is 0.0823. The molecule has 7 nitrogen and oxygen atoms in total. The van der Waals surface area contributed by atoms with Crippen molar-refractivity contribution in [1.82, 2.24) is 19.7 Å². The zero-order chi connectivity index (χ0) is 18.1. The minimum Gasteiger partial charge on any atom is -0.451 e. The number of hydrogen-bond acceptors (Lipinski definition) is 6. The van der Waals surface area contributed by atoms with E-state index in [2.05, 4.69) is 4.98 Å². The summed E-state index contributed by atoms with van der Waals surface area (Å²) in [5, 5.41) is 6.68. The highest BCUT2D eigenvalue weighted by molar-refractivity contribution is 7.12. The highest BCUT2D eigenvalue weighted by Crippen LogP contribution is 2.30. The molecule has 0 unspecified atom stereocenters. The monoisotopic (exact) mass is 372 g/mol. The van der Waals surface area contributed by atoms with E-state index in [0.29, 0.717) is 31.9 Å². The third-order valence-corrected chi connectivity index (χ3v) is 5.66. The molecule has 0 N–H and O–H groups in total. The first kappa shape index (κ1) is 17.0.